The van der Waals surface area contributed by atoms with E-state index in [1.165, 1.54) is 0 Å². The maximum absolute atomic E-state index is 13.3. The molecular formula is C26H46N8NaO10+. The van der Waals surface area contributed by atoms with Crippen molar-refractivity contribution in [3.63, 3.8) is 0 Å². The number of amides is 6. The zero-order chi connectivity index (χ0) is 34.4. The summed E-state index contributed by atoms with van der Waals surface area (Å²) < 4.78 is 7.03. The molecule has 0 aliphatic carbocycles. The Hall–Kier alpha value is -3.16. The number of aliphatic hydroxyl groups is 1. The molecule has 0 aromatic carbocycles. The van der Waals surface area contributed by atoms with E-state index in [1.807, 2.05) is 0 Å². The van der Waals surface area contributed by atoms with Gasteiger partial charge in [0.1, 0.15) is 25.8 Å². The van der Waals surface area contributed by atoms with Gasteiger partial charge in [-0.2, -0.15) is 0 Å². The summed E-state index contributed by atoms with van der Waals surface area (Å²) in [6.07, 6.45) is -2.24. The molecule has 0 aliphatic heterocycles. The Morgan fingerprint density at radius 2 is 1.31 bits per heavy atom. The van der Waals surface area contributed by atoms with E-state index in [1.54, 1.807) is 0 Å². The number of aliphatic carboxylic acids is 1. The average Bonchev–Trinajstić information content (AvgIpc) is 2.98. The first-order chi connectivity index (χ1) is 21.2. The normalized spacial score (nSPS) is 13.4. The second kappa shape index (κ2) is 26.1. The van der Waals surface area contributed by atoms with Gasteiger partial charge in [-0.3, -0.25) is 28.8 Å². The van der Waals surface area contributed by atoms with Gasteiger partial charge in [0.2, 0.25) is 35.4 Å². The topological polar surface area (TPSA) is 320 Å². The van der Waals surface area contributed by atoms with Gasteiger partial charge in [0.15, 0.2) is 0 Å². The van der Waals surface area contributed by atoms with Crippen molar-refractivity contribution in [2.24, 2.45) is 11.5 Å². The van der Waals surface area contributed by atoms with Crippen LogP contribution >= 0.6 is 0 Å². The van der Waals surface area contributed by atoms with Crippen molar-refractivity contribution >= 4 is 47.7 Å². The van der Waals surface area contributed by atoms with Crippen LogP contribution in [0.3, 0.4) is 0 Å². The first-order valence-corrected chi connectivity index (χ1v) is 14.3. The van der Waals surface area contributed by atoms with Crippen LogP contribution in [0.5, 0.6) is 0 Å². The van der Waals surface area contributed by atoms with E-state index in [0.29, 0.717) is 19.5 Å². The zero-order valence-corrected chi connectivity index (χ0v) is 27.7. The number of nitrogens with two attached hydrogens (primary N) is 2. The standard InChI is InChI=1S/C26H46N8O10.Na/c27-11-1-2-12-30-20(37)8-7-19(25(43)32-17(23(29)41)4-3-14-35)34-26(44)18(6-9-21(38)31-13-15-36)33-24(42)16(28)5-10-22(39)40;/h14,16-19,36H,1-13,15,27-28H2,(H2,29,41)(H,30,37)(H,31,38)(H,32,43)(H,33,42)(H,34,44)(H,39,40);/q;+1/i14T;. The van der Waals surface area contributed by atoms with Gasteiger partial charge in [-0.25, -0.2) is 0 Å². The van der Waals surface area contributed by atoms with Crippen LogP contribution in [0.4, 0.5) is 0 Å². The van der Waals surface area contributed by atoms with Gasteiger partial charge >= 0.3 is 29.6 Å². The van der Waals surface area contributed by atoms with Crippen LogP contribution < -0.4 is 78.4 Å². The maximum atomic E-state index is 13.3. The average molecular weight is 656 g/mol. The van der Waals surface area contributed by atoms with Crippen LogP contribution in [0.1, 0.15) is 65.6 Å². The minimum Gasteiger partial charge on any atom is -0.550 e. The molecule has 13 N–H and O–H groups in total. The summed E-state index contributed by atoms with van der Waals surface area (Å²) in [6.45, 7) is 0.622. The van der Waals surface area contributed by atoms with Gasteiger partial charge in [-0.15, -0.1) is 0 Å². The Labute approximate surface area is 284 Å². The number of aliphatic hydroxyl groups excluding tert-OH is 1. The van der Waals surface area contributed by atoms with Gasteiger partial charge < -0.3 is 63.6 Å². The third-order valence-electron chi connectivity index (χ3n) is 6.21. The number of hydrogen-bond donors (Lipinski definition) is 9. The molecule has 0 aromatic heterocycles. The third-order valence-corrected chi connectivity index (χ3v) is 6.21. The summed E-state index contributed by atoms with van der Waals surface area (Å²) in [5.41, 5.74) is 14.7. The molecule has 0 radical (unpaired) electrons. The smallest absolute Gasteiger partial charge is 0.550 e. The number of unbranched alkanes of at least 4 members (excludes halogenated alkanes) is 1. The monoisotopic (exact) mass is 655 g/mol. The molecule has 0 bridgehead atoms. The molecule has 250 valence electrons. The van der Waals surface area contributed by atoms with E-state index in [0.717, 1.165) is 6.42 Å². The summed E-state index contributed by atoms with van der Waals surface area (Å²) in [5, 5.41) is 31.7. The van der Waals surface area contributed by atoms with Crippen LogP contribution in [0, 0.1) is 0 Å². The third kappa shape index (κ3) is 21.3. The molecule has 45 heavy (non-hydrogen) atoms. The fraction of sp³-hybridized carbons (Fsp3) is 0.692. The molecule has 0 spiro atoms. The summed E-state index contributed by atoms with van der Waals surface area (Å²) in [6, 6.07) is -5.67. The van der Waals surface area contributed by atoms with Crippen LogP contribution in [0.2, 0.25) is 0 Å². The van der Waals surface area contributed by atoms with Crippen molar-refractivity contribution in [2.45, 2.75) is 88.4 Å². The molecule has 4 unspecified atom stereocenters. The van der Waals surface area contributed by atoms with Crippen molar-refractivity contribution in [2.75, 3.05) is 26.2 Å². The van der Waals surface area contributed by atoms with Crippen molar-refractivity contribution in [3.05, 3.63) is 0 Å². The van der Waals surface area contributed by atoms with E-state index < -0.39 is 84.7 Å². The molecule has 0 aromatic rings. The number of carbonyl (C=O) groups is 8. The Morgan fingerprint density at radius 3 is 1.78 bits per heavy atom. The molecule has 4 atom stereocenters. The number of carbonyl (C=O) groups excluding carboxylic acids is 8. The Morgan fingerprint density at radius 1 is 0.800 bits per heavy atom. The number of primary amides is 1. The minimum absolute atomic E-state index is 0. The molecule has 0 rings (SSSR count). The van der Waals surface area contributed by atoms with Gasteiger partial charge in [-0.1, -0.05) is 0 Å². The number of quaternary nitrogens is 1. The molecule has 18 nitrogen and oxygen atoms in total. The van der Waals surface area contributed by atoms with Gasteiger partial charge in [0.25, 0.3) is 0 Å². The first-order valence-electron chi connectivity index (χ1n) is 14.8. The van der Waals surface area contributed by atoms with Gasteiger partial charge in [0.05, 0.1) is 19.2 Å². The van der Waals surface area contributed by atoms with Crippen molar-refractivity contribution in [1.82, 2.24) is 26.6 Å². The molecule has 0 saturated heterocycles. The molecule has 0 aliphatic rings. The second-order valence-electron chi connectivity index (χ2n) is 9.85. The number of aldehydes is 1. The van der Waals surface area contributed by atoms with Crippen molar-refractivity contribution in [1.29, 1.82) is 0 Å². The fourth-order valence-electron chi connectivity index (χ4n) is 3.71. The SMILES string of the molecule is [3H]C(=O)CCC(NC(=O)C(CCC(=O)NCCCC[NH3+])NC(=O)C(CCC(=O)NCCO)NC(=O)C(N)CCC(=O)[O-])C(N)=O.[Na+]. The van der Waals surface area contributed by atoms with E-state index in [4.69, 9.17) is 17.9 Å². The number of rotatable bonds is 25. The molecule has 6 amide bonds. The summed E-state index contributed by atoms with van der Waals surface area (Å²) >= 11 is 0. The van der Waals surface area contributed by atoms with Gasteiger partial charge in [0, 0.05) is 38.3 Å². The number of carboxylic acids is 1. The molecule has 19 heteroatoms. The van der Waals surface area contributed by atoms with Crippen LogP contribution in [0.15, 0.2) is 0 Å². The van der Waals surface area contributed by atoms with Gasteiger partial charge in [-0.05, 0) is 44.9 Å². The fourth-order valence-corrected chi connectivity index (χ4v) is 3.71. The van der Waals surface area contributed by atoms with E-state index >= 15 is 0 Å². The molecule has 0 saturated carbocycles. The Balaban J connectivity index is 0. The van der Waals surface area contributed by atoms with Crippen molar-refractivity contribution in [3.8, 4) is 0 Å². The summed E-state index contributed by atoms with van der Waals surface area (Å²) in [5.74, 6) is -6.33. The molecular weight excluding hydrogens is 607 g/mol. The molecule has 0 fully saturated rings. The second-order valence-corrected chi connectivity index (χ2v) is 9.85. The largest absolute Gasteiger partial charge is 1.00 e. The predicted octanol–water partition coefficient (Wildman–Crippen LogP) is -9.43. The van der Waals surface area contributed by atoms with Crippen LogP contribution in [-0.4, -0.2) is 103 Å². The number of hydrogen-bond acceptors (Lipinski definition) is 11. The van der Waals surface area contributed by atoms with E-state index in [2.05, 4.69) is 32.3 Å². The quantitative estimate of drug-likeness (QED) is 0.0253. The Bertz CT molecular complexity index is 1040. The predicted molar refractivity (Wildman–Crippen MR) is 151 cm³/mol. The molecule has 0 heterocycles. The number of carboxylic acid groups (broad SMARTS) is 1. The Kier molecular flexibility index (Phi) is 24.3. The van der Waals surface area contributed by atoms with Crippen LogP contribution in [-0.2, 0) is 38.4 Å². The van der Waals surface area contributed by atoms with Crippen LogP contribution in [0.25, 0.3) is 0 Å². The number of nitrogens with one attached hydrogen (secondary N) is 5. The summed E-state index contributed by atoms with van der Waals surface area (Å²) in [4.78, 5) is 97.3. The zero-order valence-electron chi connectivity index (χ0n) is 26.7. The van der Waals surface area contributed by atoms with Crippen molar-refractivity contribution < 1.29 is 85.2 Å². The minimum atomic E-state index is -1.47. The maximum Gasteiger partial charge on any atom is 1.00 e. The van der Waals surface area contributed by atoms with E-state index in [-0.39, 0.29) is 81.2 Å². The first kappa shape index (κ1) is 41.8. The summed E-state index contributed by atoms with van der Waals surface area (Å²) in [7, 11) is 0. The van der Waals surface area contributed by atoms with E-state index in [9.17, 15) is 43.5 Å².